The highest BCUT2D eigenvalue weighted by atomic mass is 35.5. The number of carbonyl (C=O) groups excluding carboxylic acids is 1. The lowest BCUT2D eigenvalue weighted by molar-refractivity contribution is -0.112. The van der Waals surface area contributed by atoms with Crippen LogP contribution in [0.5, 0.6) is 5.88 Å². The number of Topliss-reactive ketones (excluding diaryl/α,β-unsaturated/α-hetero) is 1. The van der Waals surface area contributed by atoms with Crippen LogP contribution in [0.4, 0.5) is 5.69 Å². The summed E-state index contributed by atoms with van der Waals surface area (Å²) >= 11 is 6.30. The SMILES string of the molecule is COc1ccc2nc3cc(Cl)ccc3c(N=C3C=C(CN4CCCC4)C(=O)C(CN4CCCC4)=C3)c2n1. The van der Waals surface area contributed by atoms with Crippen LogP contribution < -0.4 is 4.74 Å². The van der Waals surface area contributed by atoms with Crippen LogP contribution >= 0.6 is 11.6 Å². The van der Waals surface area contributed by atoms with E-state index >= 15 is 0 Å². The Hall–Kier alpha value is -3.13. The van der Waals surface area contributed by atoms with E-state index in [0.29, 0.717) is 40.7 Å². The van der Waals surface area contributed by atoms with Gasteiger partial charge in [-0.2, -0.15) is 0 Å². The summed E-state index contributed by atoms with van der Waals surface area (Å²) in [4.78, 5) is 32.9. The summed E-state index contributed by atoms with van der Waals surface area (Å²) < 4.78 is 5.41. The highest BCUT2D eigenvalue weighted by Gasteiger charge is 2.26. The van der Waals surface area contributed by atoms with Crippen molar-refractivity contribution in [1.29, 1.82) is 0 Å². The number of nitrogens with zero attached hydrogens (tertiary/aromatic N) is 5. The van der Waals surface area contributed by atoms with Gasteiger partial charge in [0.2, 0.25) is 5.88 Å². The number of carbonyl (C=O) groups is 1. The van der Waals surface area contributed by atoms with Crippen molar-refractivity contribution in [1.82, 2.24) is 19.8 Å². The summed E-state index contributed by atoms with van der Waals surface area (Å²) in [7, 11) is 1.60. The first-order valence-corrected chi connectivity index (χ1v) is 13.4. The van der Waals surface area contributed by atoms with E-state index in [1.54, 1.807) is 13.2 Å². The Morgan fingerprint density at radius 3 is 2.16 bits per heavy atom. The molecule has 0 atom stereocenters. The second-order valence-corrected chi connectivity index (χ2v) is 10.5. The zero-order chi connectivity index (χ0) is 25.4. The van der Waals surface area contributed by atoms with Crippen molar-refractivity contribution in [3.05, 3.63) is 58.7 Å². The third-order valence-electron chi connectivity index (χ3n) is 7.39. The maximum Gasteiger partial charge on any atom is 0.213 e. The molecule has 8 heteroatoms. The van der Waals surface area contributed by atoms with E-state index in [4.69, 9.17) is 31.3 Å². The maximum absolute atomic E-state index is 13.5. The highest BCUT2D eigenvalue weighted by Crippen LogP contribution is 2.35. The lowest BCUT2D eigenvalue weighted by Gasteiger charge is -2.23. The Balaban J connectivity index is 1.50. The fraction of sp³-hybridized carbons (Fsp3) is 0.379. The number of pyridine rings is 2. The number of ketones is 1. The van der Waals surface area contributed by atoms with E-state index in [1.807, 2.05) is 36.4 Å². The number of rotatable bonds is 6. The van der Waals surface area contributed by atoms with Gasteiger partial charge < -0.3 is 4.74 Å². The first-order chi connectivity index (χ1) is 18.1. The zero-order valence-electron chi connectivity index (χ0n) is 21.0. The van der Waals surface area contributed by atoms with Gasteiger partial charge in [-0.15, -0.1) is 0 Å². The molecule has 4 heterocycles. The molecule has 0 spiro atoms. The van der Waals surface area contributed by atoms with Gasteiger partial charge in [0.15, 0.2) is 5.78 Å². The van der Waals surface area contributed by atoms with Crippen LogP contribution in [0.3, 0.4) is 0 Å². The number of halogens is 1. The van der Waals surface area contributed by atoms with Gasteiger partial charge in [0.25, 0.3) is 0 Å². The predicted molar refractivity (Wildman–Crippen MR) is 148 cm³/mol. The quantitative estimate of drug-likeness (QED) is 0.334. The van der Waals surface area contributed by atoms with E-state index < -0.39 is 0 Å². The van der Waals surface area contributed by atoms with Crippen LogP contribution in [0.2, 0.25) is 5.02 Å². The minimum absolute atomic E-state index is 0.147. The number of benzene rings is 1. The summed E-state index contributed by atoms with van der Waals surface area (Å²) in [6, 6.07) is 9.30. The fourth-order valence-corrected chi connectivity index (χ4v) is 5.67. The summed E-state index contributed by atoms with van der Waals surface area (Å²) in [6.45, 7) is 5.46. The van der Waals surface area contributed by atoms with Crippen molar-refractivity contribution >= 4 is 50.7 Å². The maximum atomic E-state index is 13.5. The summed E-state index contributed by atoms with van der Waals surface area (Å²) in [5.74, 6) is 0.646. The molecule has 2 aromatic heterocycles. The molecule has 7 nitrogen and oxygen atoms in total. The fourth-order valence-electron chi connectivity index (χ4n) is 5.51. The standard InChI is InChI=1S/C29H30ClN5O2/c1-37-26-9-8-24-28(33-26)27(23-7-6-21(30)16-25(23)32-24)31-22-14-19(17-34-10-2-3-11-34)29(36)20(15-22)18-35-12-4-5-13-35/h6-9,14-16H,2-5,10-13,17-18H2,1H3. The minimum atomic E-state index is 0.147. The minimum Gasteiger partial charge on any atom is -0.481 e. The molecule has 2 saturated heterocycles. The van der Waals surface area contributed by atoms with E-state index in [9.17, 15) is 4.79 Å². The Kier molecular flexibility index (Phi) is 6.76. The van der Waals surface area contributed by atoms with E-state index in [0.717, 1.165) is 53.9 Å². The van der Waals surface area contributed by atoms with E-state index in [1.165, 1.54) is 25.7 Å². The molecular weight excluding hydrogens is 486 g/mol. The molecule has 0 N–H and O–H groups in total. The molecule has 0 amide bonds. The number of hydrogen-bond acceptors (Lipinski definition) is 7. The number of aliphatic imine (C=N–C) groups is 1. The molecule has 3 aromatic rings. The summed E-state index contributed by atoms with van der Waals surface area (Å²) in [5, 5.41) is 1.47. The predicted octanol–water partition coefficient (Wildman–Crippen LogP) is 5.14. The molecule has 1 aromatic carbocycles. The van der Waals surface area contributed by atoms with Crippen molar-refractivity contribution in [2.75, 3.05) is 46.4 Å². The van der Waals surface area contributed by atoms with Gasteiger partial charge in [-0.1, -0.05) is 11.6 Å². The van der Waals surface area contributed by atoms with Crippen molar-refractivity contribution in [3.8, 4) is 5.88 Å². The van der Waals surface area contributed by atoms with Crippen molar-refractivity contribution < 1.29 is 9.53 Å². The third-order valence-corrected chi connectivity index (χ3v) is 7.63. The first kappa shape index (κ1) is 24.2. The van der Waals surface area contributed by atoms with Crippen LogP contribution in [-0.4, -0.2) is 77.6 Å². The molecule has 6 rings (SSSR count). The molecule has 3 aliphatic rings. The zero-order valence-corrected chi connectivity index (χ0v) is 21.8. The lowest BCUT2D eigenvalue weighted by atomic mass is 9.94. The Morgan fingerprint density at radius 1 is 0.892 bits per heavy atom. The van der Waals surface area contributed by atoms with Gasteiger partial charge in [0.1, 0.15) is 11.2 Å². The van der Waals surface area contributed by atoms with Gasteiger partial charge in [-0.05, 0) is 88.3 Å². The number of aromatic nitrogens is 2. The average Bonchev–Trinajstić information content (AvgIpc) is 3.61. The number of fused-ring (bicyclic) bond motifs is 2. The first-order valence-electron chi connectivity index (χ1n) is 13.0. The number of ether oxygens (including phenoxy) is 1. The van der Waals surface area contributed by atoms with E-state index in [-0.39, 0.29) is 5.78 Å². The highest BCUT2D eigenvalue weighted by molar-refractivity contribution is 6.31. The second kappa shape index (κ2) is 10.3. The number of methoxy groups -OCH3 is 1. The second-order valence-electron chi connectivity index (χ2n) is 10.0. The van der Waals surface area contributed by atoms with Crippen molar-refractivity contribution in [3.63, 3.8) is 0 Å². The summed E-state index contributed by atoms with van der Waals surface area (Å²) in [5.41, 5.74) is 5.21. The molecule has 0 unspecified atom stereocenters. The Bertz CT molecular complexity index is 1430. The van der Waals surface area contributed by atoms with Crippen LogP contribution in [0, 0.1) is 0 Å². The monoisotopic (exact) mass is 515 g/mol. The van der Waals surface area contributed by atoms with Gasteiger partial charge >= 0.3 is 0 Å². The number of allylic oxidation sites excluding steroid dienone is 2. The van der Waals surface area contributed by atoms with Gasteiger partial charge in [-0.3, -0.25) is 14.6 Å². The molecule has 0 radical (unpaired) electrons. The smallest absolute Gasteiger partial charge is 0.213 e. The normalized spacial score (nSPS) is 19.1. The Morgan fingerprint density at radius 2 is 1.54 bits per heavy atom. The molecule has 2 aliphatic heterocycles. The van der Waals surface area contributed by atoms with Gasteiger partial charge in [-0.25, -0.2) is 15.0 Å². The Labute approximate surface area is 221 Å². The van der Waals surface area contributed by atoms with Crippen LogP contribution in [-0.2, 0) is 4.79 Å². The van der Waals surface area contributed by atoms with Crippen molar-refractivity contribution in [2.24, 2.45) is 4.99 Å². The molecular formula is C29H30ClN5O2. The third kappa shape index (κ3) is 5.04. The lowest BCUT2D eigenvalue weighted by Crippen LogP contribution is -2.32. The molecule has 0 saturated carbocycles. The van der Waals surface area contributed by atoms with Gasteiger partial charge in [0, 0.05) is 40.7 Å². The molecule has 190 valence electrons. The largest absolute Gasteiger partial charge is 0.481 e. The molecule has 0 bridgehead atoms. The van der Waals surface area contributed by atoms with Gasteiger partial charge in [0.05, 0.1) is 23.9 Å². The topological polar surface area (TPSA) is 70.9 Å². The molecule has 2 fully saturated rings. The summed E-state index contributed by atoms with van der Waals surface area (Å²) in [6.07, 6.45) is 8.66. The van der Waals surface area contributed by atoms with Crippen LogP contribution in [0.1, 0.15) is 25.7 Å². The average molecular weight is 516 g/mol. The van der Waals surface area contributed by atoms with Crippen molar-refractivity contribution in [2.45, 2.75) is 25.7 Å². The number of likely N-dealkylation sites (tertiary alicyclic amines) is 2. The molecule has 1 aliphatic carbocycles. The molecule has 37 heavy (non-hydrogen) atoms. The van der Waals surface area contributed by atoms with Crippen LogP contribution in [0.15, 0.2) is 58.6 Å². The van der Waals surface area contributed by atoms with Crippen LogP contribution in [0.25, 0.3) is 21.9 Å². The number of hydrogen-bond donors (Lipinski definition) is 0. The van der Waals surface area contributed by atoms with E-state index in [2.05, 4.69) is 9.80 Å².